The Morgan fingerprint density at radius 1 is 1.58 bits per heavy atom. The molecule has 0 rings (SSSR count). The summed E-state index contributed by atoms with van der Waals surface area (Å²) in [4.78, 5) is 22.6. The summed E-state index contributed by atoms with van der Waals surface area (Å²) < 4.78 is 22.5. The molecular formula is C4H9O7P. The topological polar surface area (TPSA) is 91.3 Å². The molecule has 0 heterocycles. The Kier molecular flexibility index (Phi) is 4.84. The number of methoxy groups -OCH3 is 1. The Balaban J connectivity index is 3.75. The molecule has 1 atom stereocenters. The molecule has 0 fully saturated rings. The van der Waals surface area contributed by atoms with Crippen LogP contribution in [0.15, 0.2) is 0 Å². The minimum atomic E-state index is -4.28. The van der Waals surface area contributed by atoms with E-state index in [1.54, 1.807) is 0 Å². The van der Waals surface area contributed by atoms with Crippen molar-refractivity contribution in [2.75, 3.05) is 13.7 Å². The largest absolute Gasteiger partial charge is 0.540 e. The summed E-state index contributed by atoms with van der Waals surface area (Å²) in [5, 5.41) is 0. The zero-order chi connectivity index (χ0) is 9.61. The number of ether oxygens (including phenoxy) is 1. The van der Waals surface area contributed by atoms with E-state index in [4.69, 9.17) is 4.89 Å². The third-order valence-corrected chi connectivity index (χ3v) is 1.51. The van der Waals surface area contributed by atoms with Gasteiger partial charge >= 0.3 is 14.0 Å². The van der Waals surface area contributed by atoms with Crippen LogP contribution in [0, 0.1) is 0 Å². The molecule has 1 N–H and O–H groups in total. The number of phosphoric ester groups is 1. The van der Waals surface area contributed by atoms with Crippen molar-refractivity contribution in [3.63, 3.8) is 0 Å². The molecule has 0 aliphatic rings. The van der Waals surface area contributed by atoms with Gasteiger partial charge < -0.3 is 9.63 Å². The lowest BCUT2D eigenvalue weighted by atomic mass is 10.9. The molecular weight excluding hydrogens is 191 g/mol. The van der Waals surface area contributed by atoms with Crippen molar-refractivity contribution >= 4 is 14.0 Å². The molecule has 0 amide bonds. The summed E-state index contributed by atoms with van der Waals surface area (Å²) >= 11 is 0. The second-order valence-corrected chi connectivity index (χ2v) is 2.84. The molecule has 8 heteroatoms. The number of hydrogen-bond donors (Lipinski definition) is 1. The molecule has 0 bridgehead atoms. The second-order valence-electron chi connectivity index (χ2n) is 1.50. The van der Waals surface area contributed by atoms with Crippen LogP contribution in [0.5, 0.6) is 0 Å². The van der Waals surface area contributed by atoms with Crippen LogP contribution in [0.2, 0.25) is 0 Å². The molecule has 72 valence electrons. The number of phosphoric acid groups is 1. The predicted octanol–water partition coefficient (Wildman–Crippen LogP) is 0.838. The van der Waals surface area contributed by atoms with E-state index in [9.17, 15) is 9.36 Å². The Hall–Kier alpha value is -0.620. The maximum Gasteiger partial charge on any atom is 0.540 e. The first kappa shape index (κ1) is 11.4. The van der Waals surface area contributed by atoms with Gasteiger partial charge in [0.15, 0.2) is 0 Å². The summed E-state index contributed by atoms with van der Waals surface area (Å²) in [6, 6.07) is 0. The van der Waals surface area contributed by atoms with Crippen molar-refractivity contribution in [3.8, 4) is 0 Å². The van der Waals surface area contributed by atoms with Gasteiger partial charge in [0.25, 0.3) is 0 Å². The lowest BCUT2D eigenvalue weighted by molar-refractivity contribution is -0.183. The number of rotatable bonds is 4. The van der Waals surface area contributed by atoms with E-state index in [-0.39, 0.29) is 6.61 Å². The van der Waals surface area contributed by atoms with Crippen LogP contribution in [0.1, 0.15) is 6.92 Å². The molecule has 12 heavy (non-hydrogen) atoms. The maximum atomic E-state index is 10.6. The zero-order valence-corrected chi connectivity index (χ0v) is 7.45. The fourth-order valence-electron chi connectivity index (χ4n) is 0.296. The fourth-order valence-corrected chi connectivity index (χ4v) is 0.821. The van der Waals surface area contributed by atoms with Gasteiger partial charge in [-0.3, -0.25) is 4.52 Å². The van der Waals surface area contributed by atoms with Crippen molar-refractivity contribution in [2.45, 2.75) is 6.92 Å². The van der Waals surface area contributed by atoms with Crippen LogP contribution in [0.4, 0.5) is 4.79 Å². The van der Waals surface area contributed by atoms with E-state index in [0.717, 1.165) is 7.11 Å². The minimum absolute atomic E-state index is 0.0433. The second kappa shape index (κ2) is 5.10. The van der Waals surface area contributed by atoms with Gasteiger partial charge in [-0.1, -0.05) is 4.67 Å². The third kappa shape index (κ3) is 5.09. The quantitative estimate of drug-likeness (QED) is 0.311. The minimum Gasteiger partial charge on any atom is -0.436 e. The molecule has 0 radical (unpaired) electrons. The van der Waals surface area contributed by atoms with Crippen LogP contribution in [0.25, 0.3) is 0 Å². The van der Waals surface area contributed by atoms with Gasteiger partial charge in [-0.2, -0.15) is 0 Å². The molecule has 0 saturated carbocycles. The molecule has 0 saturated heterocycles. The van der Waals surface area contributed by atoms with Crippen LogP contribution in [-0.4, -0.2) is 24.8 Å². The first-order chi connectivity index (χ1) is 5.52. The lowest BCUT2D eigenvalue weighted by Gasteiger charge is -2.07. The first-order valence-corrected chi connectivity index (χ1v) is 4.43. The van der Waals surface area contributed by atoms with E-state index in [1.807, 2.05) is 0 Å². The van der Waals surface area contributed by atoms with Gasteiger partial charge in [-0.25, -0.2) is 14.2 Å². The van der Waals surface area contributed by atoms with Gasteiger partial charge in [0.1, 0.15) is 0 Å². The highest BCUT2D eigenvalue weighted by Gasteiger charge is 2.24. The van der Waals surface area contributed by atoms with Crippen molar-refractivity contribution in [1.29, 1.82) is 0 Å². The van der Waals surface area contributed by atoms with Crippen LogP contribution in [-0.2, 0) is 23.4 Å². The van der Waals surface area contributed by atoms with Crippen molar-refractivity contribution in [1.82, 2.24) is 0 Å². The summed E-state index contributed by atoms with van der Waals surface area (Å²) in [6.45, 7) is 1.43. The SMILES string of the molecule is CCOP(=O)(O)OOC(=O)OC. The van der Waals surface area contributed by atoms with Crippen LogP contribution in [0.3, 0.4) is 0 Å². The van der Waals surface area contributed by atoms with E-state index >= 15 is 0 Å². The molecule has 0 aliphatic heterocycles. The molecule has 7 nitrogen and oxygen atoms in total. The molecule has 0 spiro atoms. The average molecular weight is 200 g/mol. The van der Waals surface area contributed by atoms with Crippen molar-refractivity contribution in [2.24, 2.45) is 0 Å². The van der Waals surface area contributed by atoms with Gasteiger partial charge in [0.2, 0.25) is 0 Å². The number of carbonyl (C=O) groups excluding carboxylic acids is 1. The normalized spacial score (nSPS) is 14.9. The predicted molar refractivity (Wildman–Crippen MR) is 36.0 cm³/mol. The Labute approximate surface area is 68.7 Å². The summed E-state index contributed by atoms with van der Waals surface area (Å²) in [6.07, 6.45) is -1.23. The maximum absolute atomic E-state index is 10.6. The Morgan fingerprint density at radius 2 is 2.17 bits per heavy atom. The lowest BCUT2D eigenvalue weighted by Crippen LogP contribution is -2.05. The number of carbonyl (C=O) groups is 1. The third-order valence-electron chi connectivity index (χ3n) is 0.658. The summed E-state index contributed by atoms with van der Waals surface area (Å²) in [5.74, 6) is 0. The molecule has 0 aromatic carbocycles. The molecule has 0 aromatic rings. The monoisotopic (exact) mass is 200 g/mol. The first-order valence-electron chi connectivity index (χ1n) is 2.93. The highest BCUT2D eigenvalue weighted by molar-refractivity contribution is 7.47. The molecule has 1 unspecified atom stereocenters. The number of hydrogen-bond acceptors (Lipinski definition) is 6. The molecule has 0 aromatic heterocycles. The average Bonchev–Trinajstić information content (AvgIpc) is 2.00. The standard InChI is InChI=1S/C4H9O7P/c1-3-9-12(6,7)11-10-4(5)8-2/h3H2,1-2H3,(H,6,7). The van der Waals surface area contributed by atoms with Crippen molar-refractivity contribution in [3.05, 3.63) is 0 Å². The smallest absolute Gasteiger partial charge is 0.436 e. The van der Waals surface area contributed by atoms with Crippen LogP contribution >= 0.6 is 7.82 Å². The zero-order valence-electron chi connectivity index (χ0n) is 6.55. The van der Waals surface area contributed by atoms with Gasteiger partial charge in [0.05, 0.1) is 13.7 Å². The summed E-state index contributed by atoms with van der Waals surface area (Å²) in [7, 11) is -3.26. The van der Waals surface area contributed by atoms with E-state index in [2.05, 4.69) is 18.8 Å². The van der Waals surface area contributed by atoms with E-state index < -0.39 is 14.0 Å². The van der Waals surface area contributed by atoms with E-state index in [1.165, 1.54) is 6.92 Å². The van der Waals surface area contributed by atoms with Crippen molar-refractivity contribution < 1.29 is 33.1 Å². The highest BCUT2D eigenvalue weighted by Crippen LogP contribution is 2.43. The fraction of sp³-hybridized carbons (Fsp3) is 0.750. The van der Waals surface area contributed by atoms with Crippen LogP contribution < -0.4 is 0 Å². The van der Waals surface area contributed by atoms with Gasteiger partial charge in [-0.15, -0.1) is 0 Å². The van der Waals surface area contributed by atoms with Gasteiger partial charge in [0, 0.05) is 0 Å². The summed E-state index contributed by atoms with van der Waals surface area (Å²) in [5.41, 5.74) is 0. The van der Waals surface area contributed by atoms with E-state index in [0.29, 0.717) is 0 Å². The molecule has 0 aliphatic carbocycles. The van der Waals surface area contributed by atoms with Gasteiger partial charge in [-0.05, 0) is 6.92 Å². The Bertz CT molecular complexity index is 190. The highest BCUT2D eigenvalue weighted by atomic mass is 31.2. The Morgan fingerprint density at radius 3 is 2.58 bits per heavy atom.